The van der Waals surface area contributed by atoms with Gasteiger partial charge in [-0.15, -0.1) is 0 Å². The Morgan fingerprint density at radius 3 is 1.00 bits per heavy atom. The molecular weight excluding hydrogens is 269 g/mol. The van der Waals surface area contributed by atoms with Crippen LogP contribution in [0.3, 0.4) is 0 Å². The average Bonchev–Trinajstić information content (AvgIpc) is 2.64. The van der Waals surface area contributed by atoms with Gasteiger partial charge < -0.3 is 42.0 Å². The van der Waals surface area contributed by atoms with E-state index in [4.69, 9.17) is 4.74 Å². The van der Waals surface area contributed by atoms with Crippen molar-refractivity contribution in [3.63, 3.8) is 0 Å². The van der Waals surface area contributed by atoms with Crippen molar-refractivity contribution in [2.45, 2.75) is 12.8 Å². The normalized spacial score (nSPS) is 11.2. The molecule has 0 aromatic heterocycles. The Kier molecular flexibility index (Phi) is 33.0. The molecule has 1 fully saturated rings. The van der Waals surface area contributed by atoms with Crippen LogP contribution in [0.15, 0.2) is 36.4 Å². The minimum absolute atomic E-state index is 0. The first-order valence-corrected chi connectivity index (χ1v) is 4.08. The third kappa shape index (κ3) is 17.2. The number of halogens is 3. The summed E-state index contributed by atoms with van der Waals surface area (Å²) < 4.78 is 4.94. The van der Waals surface area contributed by atoms with Crippen LogP contribution in [-0.4, -0.2) is 30.6 Å². The predicted molar refractivity (Wildman–Crippen MR) is 52.2 cm³/mol. The number of ether oxygens (including phenoxy) is 1. The average molecular weight is 284 g/mol. The van der Waals surface area contributed by atoms with E-state index in [0.29, 0.717) is 0 Å². The Morgan fingerprint density at radius 1 is 0.600 bits per heavy atom. The van der Waals surface area contributed by atoms with E-state index in [2.05, 4.69) is 0 Å². The molecule has 1 nitrogen and oxygen atoms in total. The van der Waals surface area contributed by atoms with Crippen molar-refractivity contribution in [2.75, 3.05) is 13.2 Å². The second-order valence-electron chi connectivity index (χ2n) is 2.47. The molecule has 1 aromatic rings. The van der Waals surface area contributed by atoms with E-state index >= 15 is 0 Å². The Morgan fingerprint density at radius 2 is 0.867 bits per heavy atom. The molecule has 0 spiro atoms. The summed E-state index contributed by atoms with van der Waals surface area (Å²) in [4.78, 5) is 0. The number of benzene rings is 1. The first-order valence-electron chi connectivity index (χ1n) is 4.08. The van der Waals surface area contributed by atoms with Crippen molar-refractivity contribution in [3.8, 4) is 0 Å². The van der Waals surface area contributed by atoms with E-state index in [9.17, 15) is 0 Å². The minimum Gasteiger partial charge on any atom is -1.00 e. The van der Waals surface area contributed by atoms with Gasteiger partial charge in [0.05, 0.1) is 0 Å². The number of rotatable bonds is 0. The third-order valence-electron chi connectivity index (χ3n) is 1.49. The molecule has 0 saturated carbocycles. The molecule has 0 bridgehead atoms. The summed E-state index contributed by atoms with van der Waals surface area (Å²) in [6, 6.07) is 12.0. The van der Waals surface area contributed by atoms with Gasteiger partial charge in [-0.2, -0.15) is 0 Å². The molecule has 5 heteroatoms. The van der Waals surface area contributed by atoms with Crippen LogP contribution in [-0.2, 0) is 4.74 Å². The summed E-state index contributed by atoms with van der Waals surface area (Å²) >= 11 is 0. The molecule has 15 heavy (non-hydrogen) atoms. The summed E-state index contributed by atoms with van der Waals surface area (Å²) in [6.07, 6.45) is 2.56. The van der Waals surface area contributed by atoms with E-state index < -0.39 is 0 Å². The van der Waals surface area contributed by atoms with Gasteiger partial charge in [0.25, 0.3) is 0 Å². The summed E-state index contributed by atoms with van der Waals surface area (Å²) in [5, 5.41) is 0. The molecule has 1 aromatic carbocycles. The Labute approximate surface area is 121 Å². The molecule has 0 amide bonds. The fraction of sp³-hybridized carbons (Fsp3) is 0.400. The quantitative estimate of drug-likeness (QED) is 0.430. The summed E-state index contributed by atoms with van der Waals surface area (Å²) in [6.45, 7) is 2.00. The van der Waals surface area contributed by atoms with Crippen molar-refractivity contribution < 1.29 is 42.0 Å². The van der Waals surface area contributed by atoms with Crippen LogP contribution < -0.4 is 37.2 Å². The van der Waals surface area contributed by atoms with Gasteiger partial charge in [-0.05, 0) is 12.8 Å². The van der Waals surface area contributed by atoms with Gasteiger partial charge in [0.2, 0.25) is 0 Å². The SMILES string of the molecule is C1CCOC1.[Al+3].[Cl-].[Cl-].[Cl-].c1ccccc1. The van der Waals surface area contributed by atoms with Gasteiger partial charge in [0.1, 0.15) is 0 Å². The predicted octanol–water partition coefficient (Wildman–Crippen LogP) is -6.89. The molecule has 2 rings (SSSR count). The smallest absolute Gasteiger partial charge is 1.00 e. The van der Waals surface area contributed by atoms with Gasteiger partial charge in [-0.3, -0.25) is 0 Å². The fourth-order valence-electron chi connectivity index (χ4n) is 0.895. The monoisotopic (exact) mass is 282 g/mol. The zero-order valence-electron chi connectivity index (χ0n) is 8.41. The van der Waals surface area contributed by atoms with Crippen molar-refractivity contribution in [1.82, 2.24) is 0 Å². The standard InChI is InChI=1S/C6H6.C4H8O.Al.3ClH/c1-2-4-6-5-3-1;1-2-4-5-3-1;;;;/h1-6H;1-4H2;;3*1H/q;;+3;;;/p-3. The maximum atomic E-state index is 4.94. The molecule has 0 aliphatic carbocycles. The maximum Gasteiger partial charge on any atom is 3.00 e. The fourth-order valence-corrected chi connectivity index (χ4v) is 0.895. The molecule has 1 aliphatic rings. The Hall–Kier alpha value is 0.582. The van der Waals surface area contributed by atoms with Crippen LogP contribution in [0.25, 0.3) is 0 Å². The molecule has 0 radical (unpaired) electrons. The van der Waals surface area contributed by atoms with Crippen LogP contribution >= 0.6 is 0 Å². The first-order chi connectivity index (χ1) is 5.50. The van der Waals surface area contributed by atoms with Crippen molar-refractivity contribution in [1.29, 1.82) is 0 Å². The van der Waals surface area contributed by atoms with Gasteiger partial charge in [-0.25, -0.2) is 0 Å². The summed E-state index contributed by atoms with van der Waals surface area (Å²) in [5.74, 6) is 0. The molecule has 0 unspecified atom stereocenters. The molecule has 0 atom stereocenters. The molecule has 84 valence electrons. The Balaban J connectivity index is -0.0000000642. The Bertz CT molecular complexity index is 137. The third-order valence-corrected chi connectivity index (χ3v) is 1.49. The van der Waals surface area contributed by atoms with E-state index in [1.165, 1.54) is 12.8 Å². The van der Waals surface area contributed by atoms with Crippen LogP contribution in [0.2, 0.25) is 0 Å². The van der Waals surface area contributed by atoms with Gasteiger partial charge in [0.15, 0.2) is 0 Å². The zero-order valence-corrected chi connectivity index (χ0v) is 11.8. The zero-order chi connectivity index (χ0) is 7.78. The van der Waals surface area contributed by atoms with E-state index in [1.54, 1.807) is 0 Å². The van der Waals surface area contributed by atoms with Crippen LogP contribution in [0.4, 0.5) is 0 Å². The molecule has 0 N–H and O–H groups in total. The number of hydrogen-bond donors (Lipinski definition) is 0. The first kappa shape index (κ1) is 24.7. The van der Waals surface area contributed by atoms with E-state index in [1.807, 2.05) is 36.4 Å². The molecule has 1 saturated heterocycles. The van der Waals surface area contributed by atoms with E-state index in [-0.39, 0.29) is 54.6 Å². The maximum absolute atomic E-state index is 4.94. The van der Waals surface area contributed by atoms with Crippen molar-refractivity contribution >= 4 is 17.4 Å². The van der Waals surface area contributed by atoms with Crippen molar-refractivity contribution in [2.24, 2.45) is 0 Å². The van der Waals surface area contributed by atoms with Crippen LogP contribution in [0.1, 0.15) is 12.8 Å². The molecule has 1 heterocycles. The second-order valence-corrected chi connectivity index (χ2v) is 2.47. The van der Waals surface area contributed by atoms with Gasteiger partial charge in [0, 0.05) is 13.2 Å². The van der Waals surface area contributed by atoms with Crippen molar-refractivity contribution in [3.05, 3.63) is 36.4 Å². The summed E-state index contributed by atoms with van der Waals surface area (Å²) in [7, 11) is 0. The van der Waals surface area contributed by atoms with Crippen LogP contribution in [0, 0.1) is 0 Å². The van der Waals surface area contributed by atoms with E-state index in [0.717, 1.165) is 13.2 Å². The second kappa shape index (κ2) is 20.1. The molecule has 1 aliphatic heterocycles. The van der Waals surface area contributed by atoms with Gasteiger partial charge in [-0.1, -0.05) is 36.4 Å². The largest absolute Gasteiger partial charge is 3.00 e. The minimum atomic E-state index is 0. The number of hydrogen-bond acceptors (Lipinski definition) is 1. The van der Waals surface area contributed by atoms with Crippen LogP contribution in [0.5, 0.6) is 0 Å². The van der Waals surface area contributed by atoms with Gasteiger partial charge >= 0.3 is 17.4 Å². The topological polar surface area (TPSA) is 9.23 Å². The summed E-state index contributed by atoms with van der Waals surface area (Å²) in [5.41, 5.74) is 0. The molecular formula is C10H14AlCl3O.